The maximum Gasteiger partial charge on any atom is 0.0625 e. The van der Waals surface area contributed by atoms with Gasteiger partial charge in [0.15, 0.2) is 0 Å². The monoisotopic (exact) mass is 278 g/mol. The molecule has 20 heavy (non-hydrogen) atoms. The van der Waals surface area contributed by atoms with Gasteiger partial charge in [-0.25, -0.2) is 0 Å². The van der Waals surface area contributed by atoms with E-state index in [1.54, 1.807) is 0 Å². The molecule has 2 rings (SSSR count). The number of aromatic nitrogens is 2. The minimum Gasteiger partial charge on any atom is -0.311 e. The summed E-state index contributed by atoms with van der Waals surface area (Å²) in [5, 5.41) is 8.27. The largest absolute Gasteiger partial charge is 0.311 e. The highest BCUT2D eigenvalue weighted by Gasteiger charge is 2.36. The highest BCUT2D eigenvalue weighted by Crippen LogP contribution is 2.25. The fraction of sp³-hybridized carbons (Fsp3) is 0.812. The average molecular weight is 278 g/mol. The maximum absolute atomic E-state index is 4.58. The number of piperazine rings is 1. The molecule has 0 spiro atoms. The molecule has 1 aromatic rings. The Balaban J connectivity index is 2.16. The van der Waals surface area contributed by atoms with Gasteiger partial charge < -0.3 is 5.32 Å². The Bertz CT molecular complexity index is 440. The third kappa shape index (κ3) is 3.07. The molecule has 1 aromatic heterocycles. The third-order valence-corrected chi connectivity index (χ3v) is 4.97. The van der Waals surface area contributed by atoms with Gasteiger partial charge in [0.1, 0.15) is 0 Å². The van der Waals surface area contributed by atoms with Gasteiger partial charge in [0, 0.05) is 38.3 Å². The van der Waals surface area contributed by atoms with Crippen molar-refractivity contribution in [3.63, 3.8) is 0 Å². The van der Waals surface area contributed by atoms with E-state index in [1.165, 1.54) is 24.2 Å². The zero-order valence-electron chi connectivity index (χ0n) is 13.7. The summed E-state index contributed by atoms with van der Waals surface area (Å²) in [6.07, 6.45) is 3.38. The quantitative estimate of drug-likeness (QED) is 0.897. The second kappa shape index (κ2) is 6.27. The summed E-state index contributed by atoms with van der Waals surface area (Å²) in [5.74, 6) is 0. The fourth-order valence-corrected chi connectivity index (χ4v) is 2.99. The number of hydrogen-bond acceptors (Lipinski definition) is 3. The van der Waals surface area contributed by atoms with Crippen LogP contribution in [-0.2, 0) is 20.0 Å². The Morgan fingerprint density at radius 3 is 2.70 bits per heavy atom. The van der Waals surface area contributed by atoms with Crippen molar-refractivity contribution in [1.82, 2.24) is 20.0 Å². The van der Waals surface area contributed by atoms with E-state index < -0.39 is 0 Å². The number of aryl methyl sites for hydroxylation is 2. The first-order valence-corrected chi connectivity index (χ1v) is 8.02. The molecular weight excluding hydrogens is 248 g/mol. The van der Waals surface area contributed by atoms with E-state index in [-0.39, 0.29) is 5.54 Å². The zero-order chi connectivity index (χ0) is 14.8. The van der Waals surface area contributed by atoms with Gasteiger partial charge in [-0.2, -0.15) is 5.10 Å². The molecule has 1 fully saturated rings. The lowest BCUT2D eigenvalue weighted by Gasteiger charge is -2.47. The molecule has 0 amide bonds. The highest BCUT2D eigenvalue weighted by atomic mass is 15.3. The van der Waals surface area contributed by atoms with Crippen LogP contribution in [0.5, 0.6) is 0 Å². The molecule has 4 heteroatoms. The van der Waals surface area contributed by atoms with E-state index in [2.05, 4.69) is 60.8 Å². The second-order valence-electron chi connectivity index (χ2n) is 6.32. The van der Waals surface area contributed by atoms with Crippen LogP contribution in [0.25, 0.3) is 0 Å². The SMILES string of the molecule is CCc1cc(CN2CC(CC)NCC2(C)CC)n(C)n1. The standard InChI is InChI=1S/C16H30N4/c1-6-13-9-15(19(5)18-13)11-20-10-14(7-2)17-12-16(20,4)8-3/h9,14,17H,6-8,10-12H2,1-5H3. The molecule has 1 saturated heterocycles. The van der Waals surface area contributed by atoms with Gasteiger partial charge in [-0.05, 0) is 32.3 Å². The minimum atomic E-state index is 0.252. The van der Waals surface area contributed by atoms with Crippen LogP contribution in [0.3, 0.4) is 0 Å². The molecule has 0 aromatic carbocycles. The Morgan fingerprint density at radius 1 is 1.40 bits per heavy atom. The lowest BCUT2D eigenvalue weighted by Crippen LogP contribution is -2.62. The first-order valence-electron chi connectivity index (χ1n) is 8.02. The molecule has 1 N–H and O–H groups in total. The summed E-state index contributed by atoms with van der Waals surface area (Å²) in [7, 11) is 2.07. The van der Waals surface area contributed by atoms with Crippen molar-refractivity contribution in [2.24, 2.45) is 7.05 Å². The smallest absolute Gasteiger partial charge is 0.0625 e. The van der Waals surface area contributed by atoms with E-state index in [4.69, 9.17) is 0 Å². The van der Waals surface area contributed by atoms with Gasteiger partial charge in [-0.3, -0.25) is 9.58 Å². The summed E-state index contributed by atoms with van der Waals surface area (Å²) in [4.78, 5) is 2.65. The van der Waals surface area contributed by atoms with Crippen LogP contribution in [0, 0.1) is 0 Å². The molecule has 0 aliphatic carbocycles. The zero-order valence-corrected chi connectivity index (χ0v) is 13.7. The van der Waals surface area contributed by atoms with Gasteiger partial charge in [-0.1, -0.05) is 20.8 Å². The molecule has 0 bridgehead atoms. The summed E-state index contributed by atoms with van der Waals surface area (Å²) in [6.45, 7) is 12.3. The lowest BCUT2D eigenvalue weighted by atomic mass is 9.91. The number of hydrogen-bond donors (Lipinski definition) is 1. The van der Waals surface area contributed by atoms with Crippen LogP contribution >= 0.6 is 0 Å². The van der Waals surface area contributed by atoms with Crippen molar-refractivity contribution >= 4 is 0 Å². The number of nitrogens with zero attached hydrogens (tertiary/aromatic N) is 3. The topological polar surface area (TPSA) is 33.1 Å². The van der Waals surface area contributed by atoms with Crippen molar-refractivity contribution in [2.45, 2.75) is 65.1 Å². The summed E-state index contributed by atoms with van der Waals surface area (Å²) >= 11 is 0. The minimum absolute atomic E-state index is 0.252. The summed E-state index contributed by atoms with van der Waals surface area (Å²) < 4.78 is 2.05. The molecule has 114 valence electrons. The van der Waals surface area contributed by atoms with Crippen molar-refractivity contribution in [3.05, 3.63) is 17.5 Å². The number of rotatable bonds is 5. The van der Waals surface area contributed by atoms with Crippen LogP contribution in [0.1, 0.15) is 51.9 Å². The number of nitrogens with one attached hydrogen (secondary N) is 1. The normalized spacial score (nSPS) is 27.9. The molecule has 4 nitrogen and oxygen atoms in total. The van der Waals surface area contributed by atoms with Crippen LogP contribution < -0.4 is 5.32 Å². The summed E-state index contributed by atoms with van der Waals surface area (Å²) in [5.41, 5.74) is 2.78. The average Bonchev–Trinajstić information content (AvgIpc) is 2.82. The first-order chi connectivity index (χ1) is 9.52. The Kier molecular flexibility index (Phi) is 4.86. The molecular formula is C16H30N4. The van der Waals surface area contributed by atoms with Crippen molar-refractivity contribution in [3.8, 4) is 0 Å². The van der Waals surface area contributed by atoms with Gasteiger partial charge >= 0.3 is 0 Å². The van der Waals surface area contributed by atoms with Crippen molar-refractivity contribution < 1.29 is 0 Å². The predicted octanol–water partition coefficient (Wildman–Crippen LogP) is 2.33. The molecule has 0 radical (unpaired) electrons. The molecule has 0 saturated carbocycles. The highest BCUT2D eigenvalue weighted by molar-refractivity contribution is 5.11. The first kappa shape index (κ1) is 15.5. The Labute approximate surface area is 123 Å². The maximum atomic E-state index is 4.58. The van der Waals surface area contributed by atoms with E-state index in [0.29, 0.717) is 6.04 Å². The lowest BCUT2D eigenvalue weighted by molar-refractivity contribution is 0.0388. The molecule has 2 heterocycles. The predicted molar refractivity (Wildman–Crippen MR) is 83.8 cm³/mol. The van der Waals surface area contributed by atoms with Crippen LogP contribution in [0.4, 0.5) is 0 Å². The fourth-order valence-electron chi connectivity index (χ4n) is 2.99. The van der Waals surface area contributed by atoms with E-state index >= 15 is 0 Å². The van der Waals surface area contributed by atoms with Crippen molar-refractivity contribution in [2.75, 3.05) is 13.1 Å². The van der Waals surface area contributed by atoms with Crippen LogP contribution in [0.2, 0.25) is 0 Å². The Morgan fingerprint density at radius 2 is 2.15 bits per heavy atom. The van der Waals surface area contributed by atoms with Crippen LogP contribution in [-0.4, -0.2) is 39.4 Å². The van der Waals surface area contributed by atoms with E-state index in [0.717, 1.165) is 26.1 Å². The van der Waals surface area contributed by atoms with Crippen LogP contribution in [0.15, 0.2) is 6.07 Å². The molecule has 1 aliphatic rings. The van der Waals surface area contributed by atoms with Gasteiger partial charge in [-0.15, -0.1) is 0 Å². The van der Waals surface area contributed by atoms with Gasteiger partial charge in [0.2, 0.25) is 0 Å². The van der Waals surface area contributed by atoms with E-state index in [9.17, 15) is 0 Å². The van der Waals surface area contributed by atoms with Crippen molar-refractivity contribution in [1.29, 1.82) is 0 Å². The summed E-state index contributed by atoms with van der Waals surface area (Å²) in [6, 6.07) is 2.88. The Hall–Kier alpha value is -0.870. The molecule has 2 atom stereocenters. The van der Waals surface area contributed by atoms with E-state index in [1.807, 2.05) is 0 Å². The van der Waals surface area contributed by atoms with Gasteiger partial charge in [0.25, 0.3) is 0 Å². The molecule has 1 aliphatic heterocycles. The molecule has 2 unspecified atom stereocenters. The second-order valence-corrected chi connectivity index (χ2v) is 6.32. The van der Waals surface area contributed by atoms with Gasteiger partial charge in [0.05, 0.1) is 11.4 Å². The third-order valence-electron chi connectivity index (χ3n) is 4.97.